The summed E-state index contributed by atoms with van der Waals surface area (Å²) in [5.41, 5.74) is 5.54. The molecule has 0 fully saturated rings. The standard InChI is InChI=1S/C8H19N3O3S/c1-2-4-7(9)8(12)11-5-3-6-15(10,13)14/h7H,2-6,9H2,1H3,(H,11,12)(H2,10,13,14)/t7-/m0/s1. The second-order valence-corrected chi connectivity index (χ2v) is 5.14. The lowest BCUT2D eigenvalue weighted by Gasteiger charge is -2.10. The SMILES string of the molecule is CCC[C@H](N)C(=O)NCCCS(N)(=O)=O. The average Bonchev–Trinajstić information content (AvgIpc) is 2.11. The molecule has 0 rings (SSSR count). The number of primary sulfonamides is 1. The van der Waals surface area contributed by atoms with Crippen molar-refractivity contribution in [3.05, 3.63) is 0 Å². The van der Waals surface area contributed by atoms with Crippen LogP contribution >= 0.6 is 0 Å². The van der Waals surface area contributed by atoms with Gasteiger partial charge < -0.3 is 11.1 Å². The molecule has 0 spiro atoms. The van der Waals surface area contributed by atoms with Crippen LogP contribution in [-0.4, -0.2) is 32.7 Å². The molecule has 0 aromatic rings. The van der Waals surface area contributed by atoms with E-state index < -0.39 is 16.1 Å². The van der Waals surface area contributed by atoms with Crippen LogP contribution in [0.5, 0.6) is 0 Å². The van der Waals surface area contributed by atoms with E-state index in [1.807, 2.05) is 6.92 Å². The van der Waals surface area contributed by atoms with Crippen molar-refractivity contribution in [2.45, 2.75) is 32.2 Å². The van der Waals surface area contributed by atoms with Crippen LogP contribution in [0.25, 0.3) is 0 Å². The van der Waals surface area contributed by atoms with E-state index in [1.165, 1.54) is 0 Å². The quantitative estimate of drug-likeness (QED) is 0.488. The molecule has 6 nitrogen and oxygen atoms in total. The fourth-order valence-corrected chi connectivity index (χ4v) is 1.60. The maximum atomic E-state index is 11.2. The van der Waals surface area contributed by atoms with Gasteiger partial charge >= 0.3 is 0 Å². The molecular weight excluding hydrogens is 218 g/mol. The summed E-state index contributed by atoms with van der Waals surface area (Å²) in [5.74, 6) is -0.373. The number of carbonyl (C=O) groups is 1. The lowest BCUT2D eigenvalue weighted by atomic mass is 10.2. The summed E-state index contributed by atoms with van der Waals surface area (Å²) in [6, 6.07) is -0.510. The number of hydrogen-bond donors (Lipinski definition) is 3. The largest absolute Gasteiger partial charge is 0.355 e. The molecule has 0 unspecified atom stereocenters. The van der Waals surface area contributed by atoms with Crippen LogP contribution < -0.4 is 16.2 Å². The highest BCUT2D eigenvalue weighted by molar-refractivity contribution is 7.89. The Balaban J connectivity index is 3.64. The van der Waals surface area contributed by atoms with E-state index in [-0.39, 0.29) is 18.2 Å². The Kier molecular flexibility index (Phi) is 6.46. The molecule has 7 heteroatoms. The molecule has 0 saturated carbocycles. The lowest BCUT2D eigenvalue weighted by molar-refractivity contribution is -0.122. The number of carbonyl (C=O) groups excluding carboxylic acids is 1. The van der Waals surface area contributed by atoms with Gasteiger partial charge in [-0.3, -0.25) is 4.79 Å². The zero-order valence-corrected chi connectivity index (χ0v) is 9.72. The Morgan fingerprint density at radius 1 is 1.47 bits per heavy atom. The zero-order valence-electron chi connectivity index (χ0n) is 8.90. The predicted octanol–water partition coefficient (Wildman–Crippen LogP) is -1.09. The van der Waals surface area contributed by atoms with Gasteiger partial charge in [0.15, 0.2) is 0 Å². The summed E-state index contributed by atoms with van der Waals surface area (Å²) in [6.45, 7) is 2.22. The van der Waals surface area contributed by atoms with Gasteiger partial charge in [0.05, 0.1) is 11.8 Å². The number of nitrogens with two attached hydrogens (primary N) is 2. The predicted molar refractivity (Wildman–Crippen MR) is 58.5 cm³/mol. The summed E-state index contributed by atoms with van der Waals surface area (Å²) in [7, 11) is -3.44. The normalized spacial score (nSPS) is 13.5. The summed E-state index contributed by atoms with van der Waals surface area (Å²) in [6.07, 6.45) is 1.77. The van der Waals surface area contributed by atoms with E-state index in [9.17, 15) is 13.2 Å². The second-order valence-electron chi connectivity index (χ2n) is 3.41. The van der Waals surface area contributed by atoms with Gasteiger partial charge in [-0.15, -0.1) is 0 Å². The maximum absolute atomic E-state index is 11.2. The van der Waals surface area contributed by atoms with Crippen molar-refractivity contribution in [1.29, 1.82) is 0 Å². The van der Waals surface area contributed by atoms with E-state index in [2.05, 4.69) is 5.32 Å². The molecule has 5 N–H and O–H groups in total. The smallest absolute Gasteiger partial charge is 0.236 e. The third-order valence-corrected chi connectivity index (χ3v) is 2.70. The fraction of sp³-hybridized carbons (Fsp3) is 0.875. The second kappa shape index (κ2) is 6.76. The van der Waals surface area contributed by atoms with Gasteiger partial charge in [0.2, 0.25) is 15.9 Å². The van der Waals surface area contributed by atoms with Crippen molar-refractivity contribution in [2.24, 2.45) is 10.9 Å². The van der Waals surface area contributed by atoms with Crippen molar-refractivity contribution < 1.29 is 13.2 Å². The Morgan fingerprint density at radius 3 is 2.53 bits per heavy atom. The molecule has 0 radical (unpaired) electrons. The molecule has 0 aliphatic rings. The highest BCUT2D eigenvalue weighted by Gasteiger charge is 2.11. The van der Waals surface area contributed by atoms with Gasteiger partial charge in [-0.1, -0.05) is 13.3 Å². The molecule has 0 bridgehead atoms. The zero-order chi connectivity index (χ0) is 11.9. The highest BCUT2D eigenvalue weighted by Crippen LogP contribution is 1.93. The number of hydrogen-bond acceptors (Lipinski definition) is 4. The van der Waals surface area contributed by atoms with Crippen LogP contribution in [0.4, 0.5) is 0 Å². The third kappa shape index (κ3) is 8.34. The molecule has 0 aromatic heterocycles. The minimum atomic E-state index is -3.44. The van der Waals surface area contributed by atoms with E-state index in [4.69, 9.17) is 10.9 Å². The molecule has 0 saturated heterocycles. The monoisotopic (exact) mass is 237 g/mol. The Bertz CT molecular complexity index is 290. The Labute approximate surface area is 90.4 Å². The molecular formula is C8H19N3O3S. The van der Waals surface area contributed by atoms with Crippen LogP contribution in [0.2, 0.25) is 0 Å². The molecule has 0 heterocycles. The van der Waals surface area contributed by atoms with Crippen LogP contribution in [0, 0.1) is 0 Å². The van der Waals surface area contributed by atoms with Crippen LogP contribution in [0.3, 0.4) is 0 Å². The van der Waals surface area contributed by atoms with Gasteiger partial charge in [-0.25, -0.2) is 13.6 Å². The molecule has 0 aliphatic carbocycles. The topological polar surface area (TPSA) is 115 Å². The fourth-order valence-electron chi connectivity index (χ4n) is 1.06. The van der Waals surface area contributed by atoms with Gasteiger partial charge in [0.25, 0.3) is 0 Å². The number of sulfonamides is 1. The summed E-state index contributed by atoms with van der Waals surface area (Å²) < 4.78 is 21.1. The minimum absolute atomic E-state index is 0.129. The summed E-state index contributed by atoms with van der Waals surface area (Å²) >= 11 is 0. The average molecular weight is 237 g/mol. The van der Waals surface area contributed by atoms with Crippen LogP contribution in [0.15, 0.2) is 0 Å². The Morgan fingerprint density at radius 2 is 2.07 bits per heavy atom. The molecule has 0 aliphatic heterocycles. The van der Waals surface area contributed by atoms with E-state index in [1.54, 1.807) is 0 Å². The van der Waals surface area contributed by atoms with Gasteiger partial charge in [0.1, 0.15) is 0 Å². The first-order chi connectivity index (χ1) is 6.87. The van der Waals surface area contributed by atoms with Crippen molar-refractivity contribution >= 4 is 15.9 Å². The first-order valence-electron chi connectivity index (χ1n) is 4.90. The maximum Gasteiger partial charge on any atom is 0.236 e. The molecule has 1 atom stereocenters. The number of rotatable bonds is 7. The first kappa shape index (κ1) is 14.3. The van der Waals surface area contributed by atoms with Crippen LogP contribution in [0.1, 0.15) is 26.2 Å². The van der Waals surface area contributed by atoms with Crippen molar-refractivity contribution in [3.63, 3.8) is 0 Å². The molecule has 0 aromatic carbocycles. The first-order valence-corrected chi connectivity index (χ1v) is 6.62. The van der Waals surface area contributed by atoms with E-state index in [0.29, 0.717) is 12.8 Å². The number of nitrogens with one attached hydrogen (secondary N) is 1. The number of amides is 1. The van der Waals surface area contributed by atoms with E-state index >= 15 is 0 Å². The van der Waals surface area contributed by atoms with Gasteiger partial charge in [-0.05, 0) is 12.8 Å². The van der Waals surface area contributed by atoms with Gasteiger partial charge in [-0.2, -0.15) is 0 Å². The minimum Gasteiger partial charge on any atom is -0.355 e. The van der Waals surface area contributed by atoms with Gasteiger partial charge in [0, 0.05) is 6.54 Å². The van der Waals surface area contributed by atoms with Crippen molar-refractivity contribution in [2.75, 3.05) is 12.3 Å². The molecule has 1 amide bonds. The lowest BCUT2D eigenvalue weighted by Crippen LogP contribution is -2.41. The summed E-state index contributed by atoms with van der Waals surface area (Å²) in [5, 5.41) is 7.35. The Hall–Kier alpha value is -0.660. The third-order valence-electron chi connectivity index (χ3n) is 1.84. The highest BCUT2D eigenvalue weighted by atomic mass is 32.2. The van der Waals surface area contributed by atoms with Crippen molar-refractivity contribution in [3.8, 4) is 0 Å². The molecule has 90 valence electrons. The van der Waals surface area contributed by atoms with E-state index in [0.717, 1.165) is 6.42 Å². The summed E-state index contributed by atoms with van der Waals surface area (Å²) in [4.78, 5) is 11.2. The molecule has 15 heavy (non-hydrogen) atoms. The van der Waals surface area contributed by atoms with Crippen LogP contribution in [-0.2, 0) is 14.8 Å². The van der Waals surface area contributed by atoms with Crippen molar-refractivity contribution in [1.82, 2.24) is 5.32 Å².